The second kappa shape index (κ2) is 8.49. The van der Waals surface area contributed by atoms with E-state index in [0.717, 1.165) is 36.3 Å². The number of H-pyrrole nitrogens is 1. The van der Waals surface area contributed by atoms with Crippen molar-refractivity contribution in [3.8, 4) is 0 Å². The van der Waals surface area contributed by atoms with E-state index in [4.69, 9.17) is 0 Å². The van der Waals surface area contributed by atoms with Crippen LogP contribution in [0.1, 0.15) is 37.6 Å². The highest BCUT2D eigenvalue weighted by molar-refractivity contribution is 5.94. The number of aryl methyl sites for hydroxylation is 2. The molecule has 0 unspecified atom stereocenters. The third kappa shape index (κ3) is 4.25. The number of fused-ring (bicyclic) bond motifs is 2. The van der Waals surface area contributed by atoms with Gasteiger partial charge in [-0.1, -0.05) is 12.1 Å². The molecular formula is C23H24N4O3. The quantitative estimate of drug-likeness (QED) is 0.683. The van der Waals surface area contributed by atoms with E-state index in [-0.39, 0.29) is 17.4 Å². The maximum absolute atomic E-state index is 12.4. The van der Waals surface area contributed by atoms with E-state index in [9.17, 15) is 14.4 Å². The molecule has 2 amide bonds. The molecule has 2 N–H and O–H groups in total. The zero-order chi connectivity index (χ0) is 21.1. The molecule has 0 aliphatic carbocycles. The Labute approximate surface area is 174 Å². The fraction of sp³-hybridized carbons (Fsp3) is 0.304. The lowest BCUT2D eigenvalue weighted by Gasteiger charge is -2.29. The highest BCUT2D eigenvalue weighted by Crippen LogP contribution is 2.29. The van der Waals surface area contributed by atoms with Crippen molar-refractivity contribution in [3.63, 3.8) is 0 Å². The van der Waals surface area contributed by atoms with E-state index < -0.39 is 0 Å². The van der Waals surface area contributed by atoms with Crippen LogP contribution >= 0.6 is 0 Å². The van der Waals surface area contributed by atoms with Crippen molar-refractivity contribution in [2.24, 2.45) is 0 Å². The number of carbonyl (C=O) groups is 2. The Hall–Kier alpha value is -3.48. The van der Waals surface area contributed by atoms with Crippen LogP contribution in [-0.4, -0.2) is 28.3 Å². The van der Waals surface area contributed by atoms with Crippen LogP contribution < -0.4 is 15.8 Å². The summed E-state index contributed by atoms with van der Waals surface area (Å²) in [5.74, 6) is 0.537. The van der Waals surface area contributed by atoms with Crippen molar-refractivity contribution in [2.75, 3.05) is 16.8 Å². The topological polar surface area (TPSA) is 95.2 Å². The number of hydrogen-bond donors (Lipinski definition) is 2. The number of nitrogens with zero attached hydrogens (tertiary/aromatic N) is 2. The minimum Gasteiger partial charge on any atom is -0.326 e. The van der Waals surface area contributed by atoms with Gasteiger partial charge in [0, 0.05) is 37.7 Å². The van der Waals surface area contributed by atoms with Gasteiger partial charge < -0.3 is 15.2 Å². The summed E-state index contributed by atoms with van der Waals surface area (Å²) in [7, 11) is 0. The van der Waals surface area contributed by atoms with Crippen LogP contribution in [-0.2, 0) is 22.4 Å². The lowest BCUT2D eigenvalue weighted by Crippen LogP contribution is -2.33. The standard InChI is InChI=1S/C23H24N4O3/c1-15(28)27-13-5-6-16-14-17(11-12-20(16)27)24-22(29)10-4-9-21-25-19-8-3-2-7-18(19)23(30)26-21/h2-3,7-8,11-12,14H,4-6,9-10,13H2,1H3,(H,24,29)(H,25,26,30). The third-order valence-electron chi connectivity index (χ3n) is 5.34. The zero-order valence-corrected chi connectivity index (χ0v) is 16.9. The molecule has 0 saturated carbocycles. The minimum absolute atomic E-state index is 0.0353. The largest absolute Gasteiger partial charge is 0.326 e. The van der Waals surface area contributed by atoms with Gasteiger partial charge in [-0.3, -0.25) is 14.4 Å². The van der Waals surface area contributed by atoms with Crippen LogP contribution in [0.2, 0.25) is 0 Å². The van der Waals surface area contributed by atoms with E-state index in [1.165, 1.54) is 0 Å². The maximum Gasteiger partial charge on any atom is 0.258 e. The van der Waals surface area contributed by atoms with Crippen molar-refractivity contribution < 1.29 is 9.59 Å². The van der Waals surface area contributed by atoms with Crippen LogP contribution in [0.4, 0.5) is 11.4 Å². The highest BCUT2D eigenvalue weighted by Gasteiger charge is 2.20. The highest BCUT2D eigenvalue weighted by atomic mass is 16.2. The summed E-state index contributed by atoms with van der Waals surface area (Å²) >= 11 is 0. The Morgan fingerprint density at radius 1 is 1.20 bits per heavy atom. The number of amides is 2. The molecule has 7 heteroatoms. The first-order chi connectivity index (χ1) is 14.5. The first-order valence-corrected chi connectivity index (χ1v) is 10.2. The van der Waals surface area contributed by atoms with E-state index >= 15 is 0 Å². The number of carbonyl (C=O) groups excluding carboxylic acids is 2. The molecular weight excluding hydrogens is 380 g/mol. The first-order valence-electron chi connectivity index (χ1n) is 10.2. The van der Waals surface area contributed by atoms with Gasteiger partial charge in [-0.15, -0.1) is 0 Å². The van der Waals surface area contributed by atoms with Gasteiger partial charge in [-0.25, -0.2) is 4.98 Å². The number of anilines is 2. The number of hydrogen-bond acceptors (Lipinski definition) is 4. The van der Waals surface area contributed by atoms with Crippen molar-refractivity contribution in [1.82, 2.24) is 9.97 Å². The smallest absolute Gasteiger partial charge is 0.258 e. The van der Waals surface area contributed by atoms with Gasteiger partial charge >= 0.3 is 0 Å². The molecule has 0 spiro atoms. The van der Waals surface area contributed by atoms with Crippen molar-refractivity contribution >= 4 is 34.1 Å². The van der Waals surface area contributed by atoms with Gasteiger partial charge in [0.2, 0.25) is 11.8 Å². The summed E-state index contributed by atoms with van der Waals surface area (Å²) in [6.07, 6.45) is 3.24. The molecule has 0 bridgehead atoms. The molecule has 154 valence electrons. The first kappa shape index (κ1) is 19.8. The van der Waals surface area contributed by atoms with Gasteiger partial charge in [-0.05, 0) is 55.2 Å². The number of para-hydroxylation sites is 1. The lowest BCUT2D eigenvalue weighted by atomic mass is 10.0. The molecule has 0 saturated heterocycles. The Balaban J connectivity index is 1.35. The SMILES string of the molecule is CC(=O)N1CCCc2cc(NC(=O)CCCc3nc4ccccc4c(=O)[nH]3)ccc21. The number of benzene rings is 2. The van der Waals surface area contributed by atoms with Crippen molar-refractivity contribution in [1.29, 1.82) is 0 Å². The summed E-state index contributed by atoms with van der Waals surface area (Å²) in [6, 6.07) is 12.9. The molecule has 7 nitrogen and oxygen atoms in total. The average molecular weight is 404 g/mol. The number of aromatic amines is 1. The Morgan fingerprint density at radius 3 is 2.87 bits per heavy atom. The van der Waals surface area contributed by atoms with Gasteiger partial charge in [0.25, 0.3) is 5.56 Å². The Bertz CT molecular complexity index is 1170. The lowest BCUT2D eigenvalue weighted by molar-refractivity contribution is -0.117. The van der Waals surface area contributed by atoms with Crippen molar-refractivity contribution in [2.45, 2.75) is 39.0 Å². The fourth-order valence-corrected chi connectivity index (χ4v) is 3.90. The van der Waals surface area contributed by atoms with Gasteiger partial charge in [-0.2, -0.15) is 0 Å². The molecule has 0 atom stereocenters. The Kier molecular flexibility index (Phi) is 5.61. The summed E-state index contributed by atoms with van der Waals surface area (Å²) in [5.41, 5.74) is 3.25. The normalized spacial score (nSPS) is 13.2. The monoisotopic (exact) mass is 404 g/mol. The summed E-state index contributed by atoms with van der Waals surface area (Å²) in [4.78, 5) is 45.3. The van der Waals surface area contributed by atoms with Gasteiger partial charge in [0.1, 0.15) is 5.82 Å². The summed E-state index contributed by atoms with van der Waals surface area (Å²) < 4.78 is 0. The van der Waals surface area contributed by atoms with Gasteiger partial charge in [0.05, 0.1) is 10.9 Å². The van der Waals surface area contributed by atoms with E-state index in [2.05, 4.69) is 15.3 Å². The summed E-state index contributed by atoms with van der Waals surface area (Å²) in [5, 5.41) is 3.49. The molecule has 1 aliphatic heterocycles. The maximum atomic E-state index is 12.4. The second-order valence-electron chi connectivity index (χ2n) is 7.55. The van der Waals surface area contributed by atoms with E-state index in [1.807, 2.05) is 36.4 Å². The van der Waals surface area contributed by atoms with Crippen LogP contribution in [0.15, 0.2) is 47.3 Å². The number of nitrogens with one attached hydrogen (secondary N) is 2. The minimum atomic E-state index is -0.159. The summed E-state index contributed by atoms with van der Waals surface area (Å²) in [6.45, 7) is 2.31. The van der Waals surface area contributed by atoms with Crippen LogP contribution in [0.5, 0.6) is 0 Å². The molecule has 3 aromatic rings. The Morgan fingerprint density at radius 2 is 2.03 bits per heavy atom. The molecule has 2 heterocycles. The zero-order valence-electron chi connectivity index (χ0n) is 16.9. The van der Waals surface area contributed by atoms with Crippen LogP contribution in [0.3, 0.4) is 0 Å². The number of rotatable bonds is 5. The molecule has 1 aliphatic rings. The number of aromatic nitrogens is 2. The van der Waals surface area contributed by atoms with Gasteiger partial charge in [0.15, 0.2) is 0 Å². The molecule has 0 fully saturated rings. The molecule has 0 radical (unpaired) electrons. The predicted molar refractivity (Wildman–Crippen MR) is 117 cm³/mol. The van der Waals surface area contributed by atoms with E-state index in [1.54, 1.807) is 17.9 Å². The molecule has 1 aromatic heterocycles. The molecule has 4 rings (SSSR count). The second-order valence-corrected chi connectivity index (χ2v) is 7.55. The molecule has 30 heavy (non-hydrogen) atoms. The third-order valence-corrected chi connectivity index (χ3v) is 5.34. The van der Waals surface area contributed by atoms with Crippen molar-refractivity contribution in [3.05, 3.63) is 64.2 Å². The molecule has 2 aromatic carbocycles. The van der Waals surface area contributed by atoms with Crippen LogP contribution in [0.25, 0.3) is 10.9 Å². The van der Waals surface area contributed by atoms with E-state index in [0.29, 0.717) is 36.0 Å². The fourth-order valence-electron chi connectivity index (χ4n) is 3.90. The average Bonchev–Trinajstić information content (AvgIpc) is 2.73. The predicted octanol–water partition coefficient (Wildman–Crippen LogP) is 3.18. The van der Waals surface area contributed by atoms with Crippen LogP contribution in [0, 0.1) is 0 Å².